The van der Waals surface area contributed by atoms with Crippen LogP contribution in [0.25, 0.3) is 0 Å². The molecule has 0 radical (unpaired) electrons. The molecule has 3 saturated heterocycles. The molecule has 138 valence electrons. The molecule has 1 aromatic heterocycles. The van der Waals surface area contributed by atoms with Crippen LogP contribution >= 0.6 is 0 Å². The molecule has 3 aliphatic heterocycles. The van der Waals surface area contributed by atoms with Crippen molar-refractivity contribution >= 4 is 23.7 Å². The quantitative estimate of drug-likeness (QED) is 0.748. The second-order valence-corrected chi connectivity index (χ2v) is 6.89. The van der Waals surface area contributed by atoms with Crippen molar-refractivity contribution in [3.63, 3.8) is 0 Å². The van der Waals surface area contributed by atoms with Crippen LogP contribution in [0, 0.1) is 0 Å². The number of imide groups is 1. The van der Waals surface area contributed by atoms with Crippen molar-refractivity contribution in [1.82, 2.24) is 19.7 Å². The number of hydrogen-bond acceptors (Lipinski definition) is 5. The Bertz CT molecular complexity index is 746. The molecule has 3 aliphatic rings. The smallest absolute Gasteiger partial charge is 0.327 e. The number of aromatic nitrogens is 1. The molecule has 0 aliphatic carbocycles. The topological polar surface area (TPSA) is 77.1 Å². The lowest BCUT2D eigenvalue weighted by Crippen LogP contribution is -2.54. The Morgan fingerprint density at radius 1 is 1.19 bits per heavy atom. The van der Waals surface area contributed by atoms with Crippen molar-refractivity contribution in [2.45, 2.75) is 25.8 Å². The van der Waals surface area contributed by atoms with E-state index in [0.717, 1.165) is 31.7 Å². The molecule has 0 spiro atoms. The summed E-state index contributed by atoms with van der Waals surface area (Å²) in [6.45, 7) is 5.03. The van der Waals surface area contributed by atoms with Gasteiger partial charge in [-0.15, -0.1) is 0 Å². The fourth-order valence-electron chi connectivity index (χ4n) is 4.04. The number of pyridine rings is 1. The summed E-state index contributed by atoms with van der Waals surface area (Å²) in [5, 5.41) is 0. The molecule has 4 rings (SSSR count). The maximum atomic E-state index is 13.1. The molecule has 0 N–H and O–H groups in total. The van der Waals surface area contributed by atoms with E-state index < -0.39 is 6.04 Å². The van der Waals surface area contributed by atoms with Crippen molar-refractivity contribution < 1.29 is 14.4 Å². The zero-order valence-electron chi connectivity index (χ0n) is 14.9. The summed E-state index contributed by atoms with van der Waals surface area (Å²) in [5.74, 6) is 0.400. The minimum Gasteiger partial charge on any atom is -0.356 e. The third-order valence-corrected chi connectivity index (χ3v) is 5.43. The highest BCUT2D eigenvalue weighted by atomic mass is 16.2. The molecule has 3 fully saturated rings. The summed E-state index contributed by atoms with van der Waals surface area (Å²) in [6.07, 6.45) is 3.92. The minimum absolute atomic E-state index is 0.116. The van der Waals surface area contributed by atoms with E-state index in [0.29, 0.717) is 25.2 Å². The number of carbonyl (C=O) groups excluding carboxylic acids is 3. The summed E-state index contributed by atoms with van der Waals surface area (Å²) < 4.78 is 0. The highest BCUT2D eigenvalue weighted by molar-refractivity contribution is 6.05. The van der Waals surface area contributed by atoms with Crippen LogP contribution in [0.1, 0.15) is 30.1 Å². The lowest BCUT2D eigenvalue weighted by Gasteiger charge is -2.35. The molecule has 0 saturated carbocycles. The Labute approximate surface area is 152 Å². The van der Waals surface area contributed by atoms with E-state index in [-0.39, 0.29) is 24.4 Å². The number of carbonyl (C=O) groups is 3. The fraction of sp³-hybridized carbons (Fsp3) is 0.556. The average Bonchev–Trinajstić information content (AvgIpc) is 3.29. The van der Waals surface area contributed by atoms with Crippen molar-refractivity contribution in [3.8, 4) is 0 Å². The van der Waals surface area contributed by atoms with Gasteiger partial charge in [-0.1, -0.05) is 0 Å². The van der Waals surface area contributed by atoms with Gasteiger partial charge in [-0.05, 0) is 31.9 Å². The predicted molar refractivity (Wildman–Crippen MR) is 94.9 cm³/mol. The first-order chi connectivity index (χ1) is 12.6. The normalized spacial score (nSPS) is 23.0. The number of amides is 4. The summed E-state index contributed by atoms with van der Waals surface area (Å²) in [6, 6.07) is 2.77. The van der Waals surface area contributed by atoms with Crippen LogP contribution in [0.3, 0.4) is 0 Å². The second kappa shape index (κ2) is 6.59. The fourth-order valence-corrected chi connectivity index (χ4v) is 4.04. The third-order valence-electron chi connectivity index (χ3n) is 5.43. The Morgan fingerprint density at radius 3 is 2.69 bits per heavy atom. The average molecular weight is 357 g/mol. The van der Waals surface area contributed by atoms with Gasteiger partial charge in [0.1, 0.15) is 11.9 Å². The molecule has 4 amide bonds. The molecule has 1 unspecified atom stereocenters. The maximum Gasteiger partial charge on any atom is 0.327 e. The molecule has 0 aromatic carbocycles. The van der Waals surface area contributed by atoms with Gasteiger partial charge < -0.3 is 14.7 Å². The Morgan fingerprint density at radius 2 is 1.96 bits per heavy atom. The van der Waals surface area contributed by atoms with E-state index in [1.807, 2.05) is 0 Å². The van der Waals surface area contributed by atoms with Crippen LogP contribution in [-0.2, 0) is 4.79 Å². The second-order valence-electron chi connectivity index (χ2n) is 6.89. The van der Waals surface area contributed by atoms with Gasteiger partial charge >= 0.3 is 6.03 Å². The maximum absolute atomic E-state index is 13.1. The Hall–Kier alpha value is -2.64. The summed E-state index contributed by atoms with van der Waals surface area (Å²) in [4.78, 5) is 49.0. The van der Waals surface area contributed by atoms with Crippen LogP contribution in [0.15, 0.2) is 18.3 Å². The number of nitrogens with zero attached hydrogens (tertiary/aromatic N) is 5. The van der Waals surface area contributed by atoms with Gasteiger partial charge in [0.2, 0.25) is 0 Å². The standard InChI is InChI=1S/C18H23N5O3/c1-2-22-17(25)14-12-21(10-11-23(14)18(22)26)16(24)13-6-5-7-19-15(13)20-8-3-4-9-20/h5-7,14H,2-4,8-12H2,1H3. The van der Waals surface area contributed by atoms with Crippen LogP contribution in [0.2, 0.25) is 0 Å². The summed E-state index contributed by atoms with van der Waals surface area (Å²) in [7, 11) is 0. The van der Waals surface area contributed by atoms with E-state index in [2.05, 4.69) is 9.88 Å². The van der Waals surface area contributed by atoms with E-state index >= 15 is 0 Å². The molecule has 4 heterocycles. The zero-order valence-corrected chi connectivity index (χ0v) is 14.9. The van der Waals surface area contributed by atoms with Crippen LogP contribution < -0.4 is 4.90 Å². The number of urea groups is 1. The summed E-state index contributed by atoms with van der Waals surface area (Å²) in [5.41, 5.74) is 0.576. The lowest BCUT2D eigenvalue weighted by atomic mass is 10.1. The highest BCUT2D eigenvalue weighted by Crippen LogP contribution is 2.26. The minimum atomic E-state index is -0.563. The first kappa shape index (κ1) is 16.8. The Balaban J connectivity index is 1.55. The molecule has 1 atom stereocenters. The highest BCUT2D eigenvalue weighted by Gasteiger charge is 2.47. The van der Waals surface area contributed by atoms with Gasteiger partial charge in [-0.2, -0.15) is 0 Å². The van der Waals surface area contributed by atoms with Crippen molar-refractivity contribution in [2.75, 3.05) is 44.2 Å². The Kier molecular flexibility index (Phi) is 4.26. The van der Waals surface area contributed by atoms with Gasteiger partial charge in [-0.25, -0.2) is 9.78 Å². The van der Waals surface area contributed by atoms with Gasteiger partial charge in [0.25, 0.3) is 11.8 Å². The van der Waals surface area contributed by atoms with Crippen molar-refractivity contribution in [2.24, 2.45) is 0 Å². The monoisotopic (exact) mass is 357 g/mol. The number of hydrogen-bond donors (Lipinski definition) is 0. The number of fused-ring (bicyclic) bond motifs is 1. The molecule has 8 nitrogen and oxygen atoms in total. The molecular weight excluding hydrogens is 334 g/mol. The van der Waals surface area contributed by atoms with Gasteiger partial charge in [-0.3, -0.25) is 14.5 Å². The van der Waals surface area contributed by atoms with E-state index in [9.17, 15) is 14.4 Å². The van der Waals surface area contributed by atoms with E-state index in [4.69, 9.17) is 0 Å². The van der Waals surface area contributed by atoms with E-state index in [1.54, 1.807) is 35.1 Å². The summed E-state index contributed by atoms with van der Waals surface area (Å²) >= 11 is 0. The molecule has 26 heavy (non-hydrogen) atoms. The van der Waals surface area contributed by atoms with Gasteiger partial charge in [0.15, 0.2) is 0 Å². The number of rotatable bonds is 3. The lowest BCUT2D eigenvalue weighted by molar-refractivity contribution is -0.129. The van der Waals surface area contributed by atoms with Gasteiger partial charge in [0.05, 0.1) is 12.1 Å². The van der Waals surface area contributed by atoms with Crippen molar-refractivity contribution in [1.29, 1.82) is 0 Å². The molecular formula is C18H23N5O3. The SMILES string of the molecule is CCN1C(=O)C2CN(C(=O)c3cccnc3N3CCCC3)CCN2C1=O. The third kappa shape index (κ3) is 2.60. The van der Waals surface area contributed by atoms with Crippen LogP contribution in [-0.4, -0.2) is 82.8 Å². The number of piperazine rings is 1. The first-order valence-electron chi connectivity index (χ1n) is 9.23. The van der Waals surface area contributed by atoms with Crippen LogP contribution in [0.4, 0.5) is 10.6 Å². The van der Waals surface area contributed by atoms with E-state index in [1.165, 1.54) is 4.90 Å². The number of anilines is 1. The van der Waals surface area contributed by atoms with Gasteiger partial charge in [0, 0.05) is 38.9 Å². The molecule has 8 heteroatoms. The van der Waals surface area contributed by atoms with Crippen molar-refractivity contribution in [3.05, 3.63) is 23.9 Å². The predicted octanol–water partition coefficient (Wildman–Crippen LogP) is 0.790. The first-order valence-corrected chi connectivity index (χ1v) is 9.23. The largest absolute Gasteiger partial charge is 0.356 e. The molecule has 0 bridgehead atoms. The zero-order chi connectivity index (χ0) is 18.3. The molecule has 1 aromatic rings. The number of likely N-dealkylation sites (N-methyl/N-ethyl adjacent to an activating group) is 1. The van der Waals surface area contributed by atoms with Crippen LogP contribution in [0.5, 0.6) is 0 Å².